The van der Waals surface area contributed by atoms with E-state index in [1.807, 2.05) is 20.8 Å². The topological polar surface area (TPSA) is 78.4 Å². The maximum absolute atomic E-state index is 11.4. The van der Waals surface area contributed by atoms with Crippen molar-refractivity contribution < 1.29 is 14.7 Å². The molecule has 0 radical (unpaired) electrons. The molecule has 0 bridgehead atoms. The Hall–Kier alpha value is -1.26. The second-order valence-corrected chi connectivity index (χ2v) is 4.64. The number of hydrogen-bond acceptors (Lipinski definition) is 2. The van der Waals surface area contributed by atoms with Crippen LogP contribution in [0.2, 0.25) is 0 Å². The van der Waals surface area contributed by atoms with E-state index in [4.69, 9.17) is 5.11 Å². The van der Waals surface area contributed by atoms with Crippen LogP contribution in [0, 0.1) is 5.41 Å². The first-order valence-corrected chi connectivity index (χ1v) is 5.59. The van der Waals surface area contributed by atoms with Gasteiger partial charge in [0.15, 0.2) is 0 Å². The van der Waals surface area contributed by atoms with E-state index >= 15 is 0 Å². The van der Waals surface area contributed by atoms with Crippen molar-refractivity contribution in [1.29, 1.82) is 0 Å². The normalized spacial score (nSPS) is 13.0. The summed E-state index contributed by atoms with van der Waals surface area (Å²) in [6.07, 6.45) is 1.32. The molecule has 1 atom stereocenters. The lowest BCUT2D eigenvalue weighted by Crippen LogP contribution is -2.47. The Morgan fingerprint density at radius 2 is 1.88 bits per heavy atom. The van der Waals surface area contributed by atoms with Crippen LogP contribution in [0.25, 0.3) is 0 Å². The van der Waals surface area contributed by atoms with Crippen LogP contribution in [0.3, 0.4) is 0 Å². The second-order valence-electron chi connectivity index (χ2n) is 4.64. The monoisotopic (exact) mass is 230 g/mol. The number of urea groups is 1. The number of hydrogen-bond donors (Lipinski definition) is 3. The van der Waals surface area contributed by atoms with E-state index in [9.17, 15) is 9.59 Å². The molecule has 0 unspecified atom stereocenters. The summed E-state index contributed by atoms with van der Waals surface area (Å²) < 4.78 is 0. The van der Waals surface area contributed by atoms with E-state index < -0.39 is 18.0 Å². The van der Waals surface area contributed by atoms with Crippen LogP contribution in [-0.2, 0) is 4.79 Å². The minimum Gasteiger partial charge on any atom is -0.480 e. The van der Waals surface area contributed by atoms with Gasteiger partial charge < -0.3 is 15.7 Å². The largest absolute Gasteiger partial charge is 0.480 e. The first kappa shape index (κ1) is 14.7. The summed E-state index contributed by atoms with van der Waals surface area (Å²) in [5.74, 6) is -1.01. The maximum atomic E-state index is 11.4. The SMILES string of the molecule is CC[C@@H](NC(=O)NCC(C)(C)CC)C(=O)O. The molecule has 0 aliphatic carbocycles. The molecule has 16 heavy (non-hydrogen) atoms. The van der Waals surface area contributed by atoms with E-state index in [1.54, 1.807) is 6.92 Å². The van der Waals surface area contributed by atoms with Gasteiger partial charge in [-0.3, -0.25) is 0 Å². The summed E-state index contributed by atoms with van der Waals surface area (Å²) in [6.45, 7) is 8.38. The molecule has 94 valence electrons. The summed E-state index contributed by atoms with van der Waals surface area (Å²) in [4.78, 5) is 22.1. The highest BCUT2D eigenvalue weighted by Gasteiger charge is 2.20. The molecule has 0 aromatic heterocycles. The molecular weight excluding hydrogens is 208 g/mol. The summed E-state index contributed by atoms with van der Waals surface area (Å²) in [7, 11) is 0. The van der Waals surface area contributed by atoms with Crippen LogP contribution in [0.4, 0.5) is 4.79 Å². The van der Waals surface area contributed by atoms with Crippen molar-refractivity contribution >= 4 is 12.0 Å². The highest BCUT2D eigenvalue weighted by Crippen LogP contribution is 2.17. The van der Waals surface area contributed by atoms with E-state index in [2.05, 4.69) is 10.6 Å². The van der Waals surface area contributed by atoms with Crippen molar-refractivity contribution in [3.05, 3.63) is 0 Å². The van der Waals surface area contributed by atoms with Crippen LogP contribution in [0.5, 0.6) is 0 Å². The van der Waals surface area contributed by atoms with E-state index in [1.165, 1.54) is 0 Å². The molecule has 2 amide bonds. The number of carboxylic acids is 1. The first-order chi connectivity index (χ1) is 7.32. The van der Waals surface area contributed by atoms with E-state index in [0.717, 1.165) is 6.42 Å². The maximum Gasteiger partial charge on any atom is 0.326 e. The zero-order valence-corrected chi connectivity index (χ0v) is 10.5. The number of carboxylic acid groups (broad SMARTS) is 1. The van der Waals surface area contributed by atoms with Gasteiger partial charge >= 0.3 is 12.0 Å². The summed E-state index contributed by atoms with van der Waals surface area (Å²) >= 11 is 0. The molecule has 0 saturated heterocycles. The fourth-order valence-corrected chi connectivity index (χ4v) is 0.992. The molecule has 5 heteroatoms. The lowest BCUT2D eigenvalue weighted by atomic mass is 9.90. The van der Waals surface area contributed by atoms with Crippen molar-refractivity contribution in [1.82, 2.24) is 10.6 Å². The quantitative estimate of drug-likeness (QED) is 0.648. The molecule has 0 rings (SSSR count). The lowest BCUT2D eigenvalue weighted by molar-refractivity contribution is -0.139. The molecule has 0 heterocycles. The Balaban J connectivity index is 4.04. The van der Waals surface area contributed by atoms with Crippen molar-refractivity contribution in [2.75, 3.05) is 6.54 Å². The van der Waals surface area contributed by atoms with Crippen LogP contribution in [0.15, 0.2) is 0 Å². The zero-order chi connectivity index (χ0) is 12.8. The minimum atomic E-state index is -1.01. The number of carbonyl (C=O) groups is 2. The fraction of sp³-hybridized carbons (Fsp3) is 0.818. The molecule has 0 aliphatic rings. The molecule has 0 fully saturated rings. The predicted octanol–water partition coefficient (Wildman–Crippen LogP) is 1.58. The van der Waals surface area contributed by atoms with Gasteiger partial charge in [-0.1, -0.05) is 27.7 Å². The molecule has 3 N–H and O–H groups in total. The van der Waals surface area contributed by atoms with Crippen LogP contribution in [-0.4, -0.2) is 29.7 Å². The third kappa shape index (κ3) is 5.58. The predicted molar refractivity (Wildman–Crippen MR) is 62.3 cm³/mol. The van der Waals surface area contributed by atoms with Gasteiger partial charge in [0.25, 0.3) is 0 Å². The highest BCUT2D eigenvalue weighted by molar-refractivity contribution is 5.82. The van der Waals surface area contributed by atoms with Gasteiger partial charge in [0, 0.05) is 6.54 Å². The molecule has 0 aromatic rings. The van der Waals surface area contributed by atoms with Gasteiger partial charge in [-0.2, -0.15) is 0 Å². The summed E-state index contributed by atoms with van der Waals surface area (Å²) in [6, 6.07) is -1.24. The number of carbonyl (C=O) groups excluding carboxylic acids is 1. The Kier molecular flexibility index (Phi) is 5.85. The minimum absolute atomic E-state index is 0.0300. The lowest BCUT2D eigenvalue weighted by Gasteiger charge is -2.23. The third-order valence-corrected chi connectivity index (χ3v) is 2.70. The Labute approximate surface area is 96.6 Å². The molecule has 0 spiro atoms. The van der Waals surface area contributed by atoms with Gasteiger partial charge in [0.05, 0.1) is 0 Å². The van der Waals surface area contributed by atoms with E-state index in [-0.39, 0.29) is 5.41 Å². The van der Waals surface area contributed by atoms with Gasteiger partial charge in [-0.15, -0.1) is 0 Å². The number of rotatable bonds is 6. The van der Waals surface area contributed by atoms with Crippen molar-refractivity contribution in [2.45, 2.75) is 46.6 Å². The van der Waals surface area contributed by atoms with Crippen molar-refractivity contribution in [3.63, 3.8) is 0 Å². The van der Waals surface area contributed by atoms with Crippen LogP contribution >= 0.6 is 0 Å². The Morgan fingerprint density at radius 3 is 2.25 bits per heavy atom. The Bertz CT molecular complexity index is 252. The van der Waals surface area contributed by atoms with Crippen LogP contribution < -0.4 is 10.6 Å². The van der Waals surface area contributed by atoms with Gasteiger partial charge in [0.2, 0.25) is 0 Å². The standard InChI is InChI=1S/C11H22N2O3/c1-5-8(9(14)15)13-10(16)12-7-11(3,4)6-2/h8H,5-7H2,1-4H3,(H,14,15)(H2,12,13,16)/t8-/m1/s1. The summed E-state index contributed by atoms with van der Waals surface area (Å²) in [5.41, 5.74) is 0.0300. The third-order valence-electron chi connectivity index (χ3n) is 2.70. The molecule has 0 aliphatic heterocycles. The van der Waals surface area contributed by atoms with E-state index in [0.29, 0.717) is 13.0 Å². The smallest absolute Gasteiger partial charge is 0.326 e. The fourth-order valence-electron chi connectivity index (χ4n) is 0.992. The molecule has 5 nitrogen and oxygen atoms in total. The average Bonchev–Trinajstić information content (AvgIpc) is 2.22. The molecule has 0 aromatic carbocycles. The number of amides is 2. The van der Waals surface area contributed by atoms with Gasteiger partial charge in [-0.05, 0) is 18.3 Å². The van der Waals surface area contributed by atoms with Crippen molar-refractivity contribution in [2.24, 2.45) is 5.41 Å². The van der Waals surface area contributed by atoms with Gasteiger partial charge in [-0.25, -0.2) is 9.59 Å². The van der Waals surface area contributed by atoms with Crippen molar-refractivity contribution in [3.8, 4) is 0 Å². The summed E-state index contributed by atoms with van der Waals surface area (Å²) in [5, 5.41) is 13.8. The Morgan fingerprint density at radius 1 is 1.31 bits per heavy atom. The van der Waals surface area contributed by atoms with Crippen LogP contribution in [0.1, 0.15) is 40.5 Å². The average molecular weight is 230 g/mol. The number of aliphatic carboxylic acids is 1. The number of nitrogens with one attached hydrogen (secondary N) is 2. The first-order valence-electron chi connectivity index (χ1n) is 5.59. The molecular formula is C11H22N2O3. The second kappa shape index (κ2) is 6.35. The van der Waals surface area contributed by atoms with Gasteiger partial charge in [0.1, 0.15) is 6.04 Å². The molecule has 0 saturated carbocycles. The highest BCUT2D eigenvalue weighted by atomic mass is 16.4. The zero-order valence-electron chi connectivity index (χ0n) is 10.5.